The molecule has 0 spiro atoms. The molecule has 2 atom stereocenters. The maximum absolute atomic E-state index is 13.4. The maximum atomic E-state index is 13.4. The molecule has 0 aliphatic rings. The molecule has 35 heavy (non-hydrogen) atoms. The third kappa shape index (κ3) is 9.53. The summed E-state index contributed by atoms with van der Waals surface area (Å²) in [6.45, 7) is 10.6. The highest BCUT2D eigenvalue weighted by Crippen LogP contribution is 2.26. The van der Waals surface area contributed by atoms with E-state index in [1.807, 2.05) is 19.1 Å². The second-order valence-electron chi connectivity index (χ2n) is 8.83. The van der Waals surface area contributed by atoms with E-state index in [4.69, 9.17) is 15.9 Å². The molecule has 0 fully saturated rings. The van der Waals surface area contributed by atoms with E-state index in [-0.39, 0.29) is 25.3 Å². The van der Waals surface area contributed by atoms with Gasteiger partial charge in [0.1, 0.15) is 17.7 Å². The predicted octanol–water partition coefficient (Wildman–Crippen LogP) is 2.66. The van der Waals surface area contributed by atoms with E-state index in [9.17, 15) is 19.2 Å². The second kappa shape index (κ2) is 13.6. The van der Waals surface area contributed by atoms with Crippen molar-refractivity contribution in [2.24, 2.45) is 0 Å². The Kier molecular flexibility index (Phi) is 11.6. The van der Waals surface area contributed by atoms with E-state index in [2.05, 4.69) is 29.3 Å². The van der Waals surface area contributed by atoms with Crippen LogP contribution in [0.15, 0.2) is 18.2 Å². The number of alkyl carbamates (subject to hydrolysis) is 1. The molecule has 0 saturated carbocycles. The zero-order valence-electron chi connectivity index (χ0n) is 21.1. The fraction of sp³-hybridized carbons (Fsp3) is 0.520. The van der Waals surface area contributed by atoms with Gasteiger partial charge in [0.2, 0.25) is 5.91 Å². The number of carbonyl (C=O) groups excluding carboxylic acids is 4. The number of nitrogens with one attached hydrogen (secondary N) is 2. The van der Waals surface area contributed by atoms with Crippen molar-refractivity contribution in [1.82, 2.24) is 15.5 Å². The lowest BCUT2D eigenvalue weighted by atomic mass is 9.96. The highest BCUT2D eigenvalue weighted by molar-refractivity contribution is 7.80. The van der Waals surface area contributed by atoms with Crippen molar-refractivity contribution in [1.29, 1.82) is 0 Å². The number of esters is 1. The SMILES string of the molecule is C#CN(C(=O)C(CS)NC(=O)OC(C)(C)C)C(C(=O)NCCC(=O)OCC)c1cc(C)ccc1C. The second-order valence-corrected chi connectivity index (χ2v) is 9.19. The summed E-state index contributed by atoms with van der Waals surface area (Å²) in [4.78, 5) is 51.5. The van der Waals surface area contributed by atoms with Crippen LogP contribution in [0.25, 0.3) is 0 Å². The lowest BCUT2D eigenvalue weighted by Crippen LogP contribution is -2.52. The normalized spacial score (nSPS) is 12.5. The molecule has 0 radical (unpaired) electrons. The van der Waals surface area contributed by atoms with Gasteiger partial charge in [0.15, 0.2) is 0 Å². The summed E-state index contributed by atoms with van der Waals surface area (Å²) in [5.74, 6) is -1.83. The molecule has 3 amide bonds. The molecule has 9 nitrogen and oxygen atoms in total. The Bertz CT molecular complexity index is 967. The molecule has 10 heteroatoms. The lowest BCUT2D eigenvalue weighted by Gasteiger charge is -2.30. The number of ether oxygens (including phenoxy) is 2. The summed E-state index contributed by atoms with van der Waals surface area (Å²) in [5.41, 5.74) is 1.33. The molecule has 0 aliphatic heterocycles. The van der Waals surface area contributed by atoms with Gasteiger partial charge in [-0.25, -0.2) is 4.79 Å². The summed E-state index contributed by atoms with van der Waals surface area (Å²) in [6, 6.07) is 5.38. The number of nitrogens with zero attached hydrogens (tertiary/aromatic N) is 1. The molecular weight excluding hydrogens is 470 g/mol. The summed E-state index contributed by atoms with van der Waals surface area (Å²) >= 11 is 4.18. The first kappa shape index (κ1) is 29.8. The van der Waals surface area contributed by atoms with E-state index in [0.29, 0.717) is 5.56 Å². The van der Waals surface area contributed by atoms with Gasteiger partial charge in [0.05, 0.1) is 13.0 Å². The first-order chi connectivity index (χ1) is 16.3. The van der Waals surface area contributed by atoms with Crippen LogP contribution in [0.3, 0.4) is 0 Å². The minimum absolute atomic E-state index is 0.00220. The zero-order chi connectivity index (χ0) is 26.8. The van der Waals surface area contributed by atoms with Crippen LogP contribution in [0.5, 0.6) is 0 Å². The molecule has 0 bridgehead atoms. The molecule has 0 aromatic heterocycles. The molecular formula is C25H35N3O6S. The Hall–Kier alpha value is -3.19. The zero-order valence-corrected chi connectivity index (χ0v) is 22.0. The van der Waals surface area contributed by atoms with E-state index in [1.165, 1.54) is 0 Å². The van der Waals surface area contributed by atoms with Crippen LogP contribution in [-0.4, -0.2) is 59.3 Å². The average molecular weight is 506 g/mol. The van der Waals surface area contributed by atoms with Gasteiger partial charge >= 0.3 is 12.1 Å². The molecule has 1 aromatic carbocycles. The standard InChI is InChI=1S/C25H35N3O6S/c1-8-28(23(31)19(15-35)27-24(32)34-25(5,6)7)21(18-14-16(3)10-11-17(18)4)22(30)26-13-12-20(29)33-9-2/h1,10-11,14,19,21,35H,9,12-13,15H2,2-7H3,(H,26,30)(H,27,32). The molecule has 2 N–H and O–H groups in total. The van der Waals surface area contributed by atoms with Crippen molar-refractivity contribution in [3.63, 3.8) is 0 Å². The van der Waals surface area contributed by atoms with Crippen LogP contribution in [0, 0.1) is 26.3 Å². The Balaban J connectivity index is 3.27. The number of amides is 3. The van der Waals surface area contributed by atoms with Gasteiger partial charge in [-0.05, 0) is 52.7 Å². The fourth-order valence-corrected chi connectivity index (χ4v) is 3.39. The Morgan fingerprint density at radius 2 is 1.86 bits per heavy atom. The molecule has 1 aromatic rings. The van der Waals surface area contributed by atoms with E-state index in [0.717, 1.165) is 16.0 Å². The summed E-state index contributed by atoms with van der Waals surface area (Å²) in [5, 5.41) is 5.12. The quantitative estimate of drug-likeness (QED) is 0.195. The van der Waals surface area contributed by atoms with E-state index in [1.54, 1.807) is 40.7 Å². The third-order valence-electron chi connectivity index (χ3n) is 4.72. The molecule has 0 saturated heterocycles. The summed E-state index contributed by atoms with van der Waals surface area (Å²) in [7, 11) is 0. The van der Waals surface area contributed by atoms with Crippen LogP contribution in [0.4, 0.5) is 4.79 Å². The minimum Gasteiger partial charge on any atom is -0.466 e. The molecule has 1 rings (SSSR count). The van der Waals surface area contributed by atoms with Gasteiger partial charge in [-0.2, -0.15) is 12.6 Å². The van der Waals surface area contributed by atoms with Crippen molar-refractivity contribution in [2.45, 2.75) is 65.6 Å². The Labute approximate surface area is 212 Å². The predicted molar refractivity (Wildman–Crippen MR) is 136 cm³/mol. The molecule has 2 unspecified atom stereocenters. The largest absolute Gasteiger partial charge is 0.466 e. The molecule has 192 valence electrons. The Morgan fingerprint density at radius 3 is 2.40 bits per heavy atom. The summed E-state index contributed by atoms with van der Waals surface area (Å²) in [6.07, 6.45) is 4.86. The number of thiol groups is 1. The molecule has 0 aliphatic carbocycles. The van der Waals surface area contributed by atoms with Crippen LogP contribution >= 0.6 is 12.6 Å². The summed E-state index contributed by atoms with van der Waals surface area (Å²) < 4.78 is 10.1. The van der Waals surface area contributed by atoms with Gasteiger partial charge in [-0.15, -0.1) is 0 Å². The number of terminal acetylenes is 1. The Morgan fingerprint density at radius 1 is 1.20 bits per heavy atom. The number of aryl methyl sites for hydroxylation is 2. The van der Waals surface area contributed by atoms with Crippen LogP contribution in [0.1, 0.15) is 56.8 Å². The van der Waals surface area contributed by atoms with Crippen molar-refractivity contribution in [3.05, 3.63) is 34.9 Å². The minimum atomic E-state index is -1.21. The monoisotopic (exact) mass is 505 g/mol. The number of hydrogen-bond acceptors (Lipinski definition) is 7. The van der Waals surface area contributed by atoms with Crippen molar-refractivity contribution < 1.29 is 28.7 Å². The van der Waals surface area contributed by atoms with E-state index < -0.39 is 41.6 Å². The topological polar surface area (TPSA) is 114 Å². The van der Waals surface area contributed by atoms with Crippen LogP contribution in [-0.2, 0) is 23.9 Å². The first-order valence-electron chi connectivity index (χ1n) is 11.2. The van der Waals surface area contributed by atoms with Crippen LogP contribution < -0.4 is 10.6 Å². The maximum Gasteiger partial charge on any atom is 0.408 e. The highest BCUT2D eigenvalue weighted by atomic mass is 32.1. The number of hydrogen-bond donors (Lipinski definition) is 3. The van der Waals surface area contributed by atoms with Gasteiger partial charge in [-0.3, -0.25) is 19.3 Å². The van der Waals surface area contributed by atoms with E-state index >= 15 is 0 Å². The third-order valence-corrected chi connectivity index (χ3v) is 5.08. The number of carbonyl (C=O) groups is 4. The van der Waals surface area contributed by atoms with Gasteiger partial charge in [-0.1, -0.05) is 30.2 Å². The average Bonchev–Trinajstić information content (AvgIpc) is 2.76. The van der Waals surface area contributed by atoms with Gasteiger partial charge in [0, 0.05) is 18.3 Å². The van der Waals surface area contributed by atoms with Crippen molar-refractivity contribution >= 4 is 36.5 Å². The number of rotatable bonds is 10. The van der Waals surface area contributed by atoms with Gasteiger partial charge < -0.3 is 20.1 Å². The van der Waals surface area contributed by atoms with Crippen molar-refractivity contribution in [3.8, 4) is 12.5 Å². The smallest absolute Gasteiger partial charge is 0.408 e. The lowest BCUT2D eigenvalue weighted by molar-refractivity contribution is -0.143. The fourth-order valence-electron chi connectivity index (χ4n) is 3.14. The molecule has 0 heterocycles. The number of benzene rings is 1. The first-order valence-corrected chi connectivity index (χ1v) is 11.9. The van der Waals surface area contributed by atoms with Crippen LogP contribution in [0.2, 0.25) is 0 Å². The van der Waals surface area contributed by atoms with Crippen molar-refractivity contribution in [2.75, 3.05) is 18.9 Å². The highest BCUT2D eigenvalue weighted by Gasteiger charge is 2.36. The van der Waals surface area contributed by atoms with Gasteiger partial charge in [0.25, 0.3) is 5.91 Å².